The average Bonchev–Trinajstić information content (AvgIpc) is 2.53. The molecule has 24 heavy (non-hydrogen) atoms. The summed E-state index contributed by atoms with van der Waals surface area (Å²) in [6.45, 7) is 10.3. The number of benzene rings is 2. The van der Waals surface area contributed by atoms with Gasteiger partial charge in [-0.25, -0.2) is 4.79 Å². The van der Waals surface area contributed by atoms with E-state index in [1.807, 2.05) is 57.2 Å². The van der Waals surface area contributed by atoms with Gasteiger partial charge in [-0.3, -0.25) is 0 Å². The molecular weight excluding hydrogens is 300 g/mol. The van der Waals surface area contributed by atoms with Crippen LogP contribution in [0.3, 0.4) is 0 Å². The van der Waals surface area contributed by atoms with Gasteiger partial charge in [0.25, 0.3) is 0 Å². The minimum absolute atomic E-state index is 0.318. The van der Waals surface area contributed by atoms with E-state index in [2.05, 4.69) is 19.9 Å². The summed E-state index contributed by atoms with van der Waals surface area (Å²) in [6.07, 6.45) is -0.674. The van der Waals surface area contributed by atoms with Crippen LogP contribution in [0.15, 0.2) is 42.5 Å². The lowest BCUT2D eigenvalue weighted by Gasteiger charge is -2.38. The van der Waals surface area contributed by atoms with Gasteiger partial charge in [0.1, 0.15) is 11.5 Å². The Kier molecular flexibility index (Phi) is 4.12. The first kappa shape index (κ1) is 16.6. The normalized spacial score (nSPS) is 18.9. The van der Waals surface area contributed by atoms with Crippen LogP contribution in [0.2, 0.25) is 0 Å². The van der Waals surface area contributed by atoms with Gasteiger partial charge in [0.15, 0.2) is 0 Å². The second kappa shape index (κ2) is 5.97. The van der Waals surface area contributed by atoms with E-state index < -0.39 is 11.5 Å². The van der Waals surface area contributed by atoms with Gasteiger partial charge in [0.05, 0.1) is 0 Å². The molecule has 0 fully saturated rings. The van der Waals surface area contributed by atoms with Crippen molar-refractivity contribution < 1.29 is 14.3 Å². The van der Waals surface area contributed by atoms with Crippen LogP contribution in [-0.2, 0) is 10.2 Å². The molecule has 0 aliphatic carbocycles. The Morgan fingerprint density at radius 1 is 1.12 bits per heavy atom. The largest absolute Gasteiger partial charge is 0.477 e. The van der Waals surface area contributed by atoms with Crippen molar-refractivity contribution in [2.45, 2.75) is 52.1 Å². The number of rotatable bonds is 3. The van der Waals surface area contributed by atoms with Crippen LogP contribution < -0.4 is 9.47 Å². The first-order valence-electron chi connectivity index (χ1n) is 8.39. The zero-order valence-electron chi connectivity index (χ0n) is 14.9. The number of hydrogen-bond donors (Lipinski definition) is 0. The Morgan fingerprint density at radius 2 is 1.83 bits per heavy atom. The van der Waals surface area contributed by atoms with Crippen LogP contribution >= 0.6 is 0 Å². The Labute approximate surface area is 143 Å². The number of hydrogen-bond acceptors (Lipinski definition) is 3. The molecule has 0 spiro atoms. The maximum absolute atomic E-state index is 12.6. The van der Waals surface area contributed by atoms with Crippen molar-refractivity contribution in [2.75, 3.05) is 0 Å². The van der Waals surface area contributed by atoms with Gasteiger partial charge in [0.2, 0.25) is 6.10 Å². The highest BCUT2D eigenvalue weighted by atomic mass is 16.6. The number of esters is 1. The summed E-state index contributed by atoms with van der Waals surface area (Å²) in [5.74, 6) is 1.36. The Balaban J connectivity index is 2.01. The molecule has 2 aromatic rings. The van der Waals surface area contributed by atoms with E-state index in [0.717, 1.165) is 22.4 Å². The number of carbonyl (C=O) groups excluding carboxylic acids is 1. The SMILES string of the molecule is Cc1ccc2c(c1)C(C)(C)C(Oc1ccccc1C(C)C)C(=O)O2. The Morgan fingerprint density at radius 3 is 2.54 bits per heavy atom. The van der Waals surface area contributed by atoms with Gasteiger partial charge in [-0.1, -0.05) is 63.6 Å². The summed E-state index contributed by atoms with van der Waals surface area (Å²) < 4.78 is 11.7. The third-order valence-electron chi connectivity index (χ3n) is 4.70. The van der Waals surface area contributed by atoms with Crippen molar-refractivity contribution in [3.63, 3.8) is 0 Å². The molecule has 1 unspecified atom stereocenters. The molecule has 0 bridgehead atoms. The summed E-state index contributed by atoms with van der Waals surface area (Å²) in [7, 11) is 0. The lowest BCUT2D eigenvalue weighted by molar-refractivity contribution is -0.147. The molecule has 2 aromatic carbocycles. The first-order valence-corrected chi connectivity index (χ1v) is 8.39. The number of fused-ring (bicyclic) bond motifs is 1. The monoisotopic (exact) mass is 324 g/mol. The van der Waals surface area contributed by atoms with Crippen LogP contribution in [0.4, 0.5) is 0 Å². The fourth-order valence-corrected chi connectivity index (χ4v) is 3.22. The van der Waals surface area contributed by atoms with E-state index in [1.165, 1.54) is 0 Å². The molecule has 1 heterocycles. The Hall–Kier alpha value is -2.29. The molecule has 0 N–H and O–H groups in total. The number of ether oxygens (including phenoxy) is 2. The van der Waals surface area contributed by atoms with E-state index in [9.17, 15) is 4.79 Å². The zero-order valence-corrected chi connectivity index (χ0v) is 14.9. The van der Waals surface area contributed by atoms with E-state index in [4.69, 9.17) is 9.47 Å². The van der Waals surface area contributed by atoms with Gasteiger partial charge in [-0.2, -0.15) is 0 Å². The van der Waals surface area contributed by atoms with Crippen LogP contribution in [-0.4, -0.2) is 12.1 Å². The van der Waals surface area contributed by atoms with Crippen molar-refractivity contribution in [3.05, 3.63) is 59.2 Å². The molecule has 1 atom stereocenters. The summed E-state index contributed by atoms with van der Waals surface area (Å²) >= 11 is 0. The van der Waals surface area contributed by atoms with Gasteiger partial charge >= 0.3 is 5.97 Å². The van der Waals surface area contributed by atoms with Gasteiger partial charge in [0, 0.05) is 11.0 Å². The molecule has 0 aromatic heterocycles. The number of carbonyl (C=O) groups is 1. The maximum Gasteiger partial charge on any atom is 0.353 e. The van der Waals surface area contributed by atoms with Crippen LogP contribution in [0.5, 0.6) is 11.5 Å². The fourth-order valence-electron chi connectivity index (χ4n) is 3.22. The molecule has 3 heteroatoms. The topological polar surface area (TPSA) is 35.5 Å². The van der Waals surface area contributed by atoms with Crippen molar-refractivity contribution in [1.29, 1.82) is 0 Å². The maximum atomic E-state index is 12.6. The number of aryl methyl sites for hydroxylation is 1. The van der Waals surface area contributed by atoms with Crippen molar-refractivity contribution in [2.24, 2.45) is 0 Å². The third kappa shape index (κ3) is 2.79. The highest BCUT2D eigenvalue weighted by molar-refractivity contribution is 5.83. The summed E-state index contributed by atoms with van der Waals surface area (Å²) in [4.78, 5) is 12.6. The molecular formula is C21H24O3. The minimum atomic E-state index is -0.674. The second-order valence-electron chi connectivity index (χ2n) is 7.33. The molecule has 3 rings (SSSR count). The molecule has 0 radical (unpaired) electrons. The molecule has 1 aliphatic rings. The van der Waals surface area contributed by atoms with Crippen molar-refractivity contribution in [1.82, 2.24) is 0 Å². The van der Waals surface area contributed by atoms with Crippen LogP contribution in [0.1, 0.15) is 50.3 Å². The summed E-state index contributed by atoms with van der Waals surface area (Å²) in [6, 6.07) is 13.8. The van der Waals surface area contributed by atoms with E-state index in [0.29, 0.717) is 11.7 Å². The lowest BCUT2D eigenvalue weighted by atomic mass is 9.76. The highest BCUT2D eigenvalue weighted by Crippen LogP contribution is 2.42. The fraction of sp³-hybridized carbons (Fsp3) is 0.381. The molecule has 126 valence electrons. The van der Waals surface area contributed by atoms with E-state index in [-0.39, 0.29) is 5.97 Å². The second-order valence-corrected chi connectivity index (χ2v) is 7.33. The van der Waals surface area contributed by atoms with Crippen LogP contribution in [0, 0.1) is 6.92 Å². The summed E-state index contributed by atoms with van der Waals surface area (Å²) in [5.41, 5.74) is 2.77. The molecule has 3 nitrogen and oxygen atoms in total. The smallest absolute Gasteiger partial charge is 0.353 e. The van der Waals surface area contributed by atoms with Crippen molar-refractivity contribution >= 4 is 5.97 Å². The van der Waals surface area contributed by atoms with Crippen molar-refractivity contribution in [3.8, 4) is 11.5 Å². The number of para-hydroxylation sites is 1. The van der Waals surface area contributed by atoms with E-state index in [1.54, 1.807) is 0 Å². The zero-order chi connectivity index (χ0) is 17.5. The lowest BCUT2D eigenvalue weighted by Crippen LogP contribution is -2.50. The first-order chi connectivity index (χ1) is 11.3. The average molecular weight is 324 g/mol. The van der Waals surface area contributed by atoms with Gasteiger partial charge < -0.3 is 9.47 Å². The van der Waals surface area contributed by atoms with Crippen LogP contribution in [0.25, 0.3) is 0 Å². The van der Waals surface area contributed by atoms with Gasteiger partial charge in [-0.15, -0.1) is 0 Å². The third-order valence-corrected chi connectivity index (χ3v) is 4.70. The Bertz CT molecular complexity index is 774. The van der Waals surface area contributed by atoms with E-state index >= 15 is 0 Å². The highest BCUT2D eigenvalue weighted by Gasteiger charge is 2.46. The molecule has 0 saturated heterocycles. The quantitative estimate of drug-likeness (QED) is 0.603. The predicted molar refractivity (Wildman–Crippen MR) is 94.8 cm³/mol. The minimum Gasteiger partial charge on any atom is -0.477 e. The predicted octanol–water partition coefficient (Wildman–Crippen LogP) is 4.76. The molecule has 0 saturated carbocycles. The summed E-state index contributed by atoms with van der Waals surface area (Å²) in [5, 5.41) is 0. The van der Waals surface area contributed by atoms with Gasteiger partial charge in [-0.05, 0) is 30.5 Å². The molecule has 0 amide bonds. The standard InChI is InChI=1S/C21H24O3/c1-13(2)15-8-6-7-9-17(15)23-19-20(22)24-18-11-10-14(3)12-16(18)21(19,4)5/h6-13,19H,1-5H3. The molecule has 1 aliphatic heterocycles.